The molecule has 5 aromatic rings. The number of amides is 1. The molecule has 1 amide bonds. The number of rotatable bonds is 5. The number of imidazole rings is 1. The predicted octanol–water partition coefficient (Wildman–Crippen LogP) is 5.13. The molecule has 5 heterocycles. The Balaban J connectivity index is 1.18. The fourth-order valence-corrected chi connectivity index (χ4v) is 5.01. The van der Waals surface area contributed by atoms with Crippen LogP contribution in [0.3, 0.4) is 0 Å². The number of benzene rings is 1. The Hall–Kier alpha value is -4.59. The zero-order chi connectivity index (χ0) is 25.2. The number of fused-ring (bicyclic) bond motifs is 1. The minimum absolute atomic E-state index is 0.0649. The molecule has 1 aliphatic rings. The molecule has 0 unspecified atom stereocenters. The maximum Gasteiger partial charge on any atom is 0.253 e. The fourth-order valence-electron chi connectivity index (χ4n) is 5.01. The van der Waals surface area contributed by atoms with E-state index in [1.54, 1.807) is 24.8 Å². The van der Waals surface area contributed by atoms with Gasteiger partial charge >= 0.3 is 0 Å². The molecule has 1 fully saturated rings. The quantitative estimate of drug-likeness (QED) is 0.340. The average Bonchev–Trinajstić information content (AvgIpc) is 3.37. The van der Waals surface area contributed by atoms with Gasteiger partial charge in [0.05, 0.1) is 0 Å². The normalized spacial score (nSPS) is 14.1. The molecular formula is C29H27N7O. The summed E-state index contributed by atoms with van der Waals surface area (Å²) in [5.74, 6) is 0.892. The number of anilines is 2. The summed E-state index contributed by atoms with van der Waals surface area (Å²) >= 11 is 0. The van der Waals surface area contributed by atoms with E-state index in [0.29, 0.717) is 18.7 Å². The number of aromatic nitrogens is 5. The Morgan fingerprint density at radius 2 is 1.57 bits per heavy atom. The third-order valence-corrected chi connectivity index (χ3v) is 7.01. The van der Waals surface area contributed by atoms with Gasteiger partial charge in [0, 0.05) is 67.9 Å². The Morgan fingerprint density at radius 3 is 2.30 bits per heavy atom. The fraction of sp³-hybridized carbons (Fsp3) is 0.207. The van der Waals surface area contributed by atoms with E-state index in [4.69, 9.17) is 4.98 Å². The first-order valence-electron chi connectivity index (χ1n) is 12.5. The number of carbonyl (C=O) groups is 1. The second-order valence-electron chi connectivity index (χ2n) is 9.20. The summed E-state index contributed by atoms with van der Waals surface area (Å²) < 4.78 is 2.21. The Kier molecular flexibility index (Phi) is 6.06. The largest absolute Gasteiger partial charge is 0.345 e. The van der Waals surface area contributed by atoms with Gasteiger partial charge in [-0.1, -0.05) is 6.07 Å². The molecule has 184 valence electrons. The van der Waals surface area contributed by atoms with Crippen molar-refractivity contribution in [3.8, 4) is 11.5 Å². The molecule has 0 atom stereocenters. The number of hydrogen-bond acceptors (Lipinski definition) is 6. The molecule has 37 heavy (non-hydrogen) atoms. The van der Waals surface area contributed by atoms with Gasteiger partial charge in [-0.25, -0.2) is 9.97 Å². The van der Waals surface area contributed by atoms with Gasteiger partial charge in [-0.15, -0.1) is 0 Å². The van der Waals surface area contributed by atoms with E-state index in [9.17, 15) is 4.79 Å². The summed E-state index contributed by atoms with van der Waals surface area (Å²) in [6, 6.07) is 21.7. The van der Waals surface area contributed by atoms with Crippen molar-refractivity contribution in [2.24, 2.45) is 0 Å². The Morgan fingerprint density at radius 1 is 0.838 bits per heavy atom. The first-order chi connectivity index (χ1) is 18.2. The number of nitrogens with zero attached hydrogens (tertiary/aromatic N) is 7. The highest BCUT2D eigenvalue weighted by molar-refractivity contribution is 5.94. The number of likely N-dealkylation sites (tertiary alicyclic amines) is 1. The lowest BCUT2D eigenvalue weighted by Crippen LogP contribution is -2.39. The van der Waals surface area contributed by atoms with Crippen LogP contribution in [0.15, 0.2) is 91.5 Å². The molecule has 1 aliphatic heterocycles. The lowest BCUT2D eigenvalue weighted by Gasteiger charge is -2.33. The Bertz CT molecular complexity index is 1510. The van der Waals surface area contributed by atoms with E-state index in [1.807, 2.05) is 78.7 Å². The van der Waals surface area contributed by atoms with Gasteiger partial charge in [-0.3, -0.25) is 14.8 Å². The van der Waals surface area contributed by atoms with Crippen molar-refractivity contribution in [3.63, 3.8) is 0 Å². The van der Waals surface area contributed by atoms with E-state index in [-0.39, 0.29) is 11.9 Å². The van der Waals surface area contributed by atoms with Crippen molar-refractivity contribution >= 4 is 28.4 Å². The second-order valence-corrected chi connectivity index (χ2v) is 9.20. The third kappa shape index (κ3) is 4.42. The molecule has 8 heteroatoms. The summed E-state index contributed by atoms with van der Waals surface area (Å²) in [7, 11) is 2.00. The zero-order valence-electron chi connectivity index (χ0n) is 20.6. The number of piperidine rings is 1. The van der Waals surface area contributed by atoms with Gasteiger partial charge in [0.2, 0.25) is 0 Å². The van der Waals surface area contributed by atoms with Crippen LogP contribution in [0.5, 0.6) is 0 Å². The van der Waals surface area contributed by atoms with Gasteiger partial charge in [0.1, 0.15) is 11.2 Å². The minimum Gasteiger partial charge on any atom is -0.345 e. The molecule has 0 saturated carbocycles. The van der Waals surface area contributed by atoms with Crippen molar-refractivity contribution in [2.75, 3.05) is 25.0 Å². The van der Waals surface area contributed by atoms with Crippen molar-refractivity contribution in [1.82, 2.24) is 29.4 Å². The maximum atomic E-state index is 13.3. The van der Waals surface area contributed by atoms with E-state index >= 15 is 0 Å². The number of carbonyl (C=O) groups excluding carboxylic acids is 1. The topological polar surface area (TPSA) is 80.0 Å². The highest BCUT2D eigenvalue weighted by Gasteiger charge is 2.28. The molecule has 0 spiro atoms. The molecule has 6 rings (SSSR count). The summed E-state index contributed by atoms with van der Waals surface area (Å²) in [6.07, 6.45) is 8.79. The highest BCUT2D eigenvalue weighted by Crippen LogP contribution is 2.32. The van der Waals surface area contributed by atoms with Crippen LogP contribution in [-0.4, -0.2) is 55.4 Å². The van der Waals surface area contributed by atoms with E-state index in [2.05, 4.69) is 24.4 Å². The maximum absolute atomic E-state index is 13.3. The van der Waals surface area contributed by atoms with Crippen LogP contribution in [0.1, 0.15) is 29.2 Å². The number of hydrogen-bond donors (Lipinski definition) is 0. The molecule has 1 aromatic carbocycles. The van der Waals surface area contributed by atoms with Crippen LogP contribution >= 0.6 is 0 Å². The van der Waals surface area contributed by atoms with Crippen molar-refractivity contribution in [3.05, 3.63) is 97.1 Å². The summed E-state index contributed by atoms with van der Waals surface area (Å²) in [6.45, 7) is 1.35. The van der Waals surface area contributed by atoms with E-state index in [1.165, 1.54) is 0 Å². The molecule has 8 nitrogen and oxygen atoms in total. The third-order valence-electron chi connectivity index (χ3n) is 7.01. The molecule has 4 aromatic heterocycles. The summed E-state index contributed by atoms with van der Waals surface area (Å²) in [4.78, 5) is 35.4. The smallest absolute Gasteiger partial charge is 0.253 e. The van der Waals surface area contributed by atoms with Crippen LogP contribution in [0.25, 0.3) is 22.7 Å². The van der Waals surface area contributed by atoms with Crippen LogP contribution in [0.2, 0.25) is 0 Å². The molecule has 0 aliphatic carbocycles. The molecular weight excluding hydrogens is 462 g/mol. The second kappa shape index (κ2) is 9.81. The first kappa shape index (κ1) is 22.8. The lowest BCUT2D eigenvalue weighted by atomic mass is 10.0. The minimum atomic E-state index is 0.0649. The molecule has 0 radical (unpaired) electrons. The average molecular weight is 490 g/mol. The van der Waals surface area contributed by atoms with Gasteiger partial charge < -0.3 is 14.4 Å². The number of pyridine rings is 3. The monoisotopic (exact) mass is 489 g/mol. The van der Waals surface area contributed by atoms with Crippen LogP contribution < -0.4 is 4.90 Å². The highest BCUT2D eigenvalue weighted by atomic mass is 16.2. The molecule has 0 N–H and O–H groups in total. The van der Waals surface area contributed by atoms with Crippen molar-refractivity contribution < 1.29 is 4.79 Å². The van der Waals surface area contributed by atoms with E-state index in [0.717, 1.165) is 46.9 Å². The SMILES string of the molecule is CN(c1ccncc1)c1ccc(C(=O)N2CCC(n3c(-c4ccccn4)nc4cccnc43)CC2)cc1. The van der Waals surface area contributed by atoms with E-state index < -0.39 is 0 Å². The van der Waals surface area contributed by atoms with Gasteiger partial charge in [0.25, 0.3) is 5.91 Å². The van der Waals surface area contributed by atoms with Crippen molar-refractivity contribution in [1.29, 1.82) is 0 Å². The van der Waals surface area contributed by atoms with Gasteiger partial charge in [-0.05, 0) is 73.5 Å². The van der Waals surface area contributed by atoms with Crippen LogP contribution in [-0.2, 0) is 0 Å². The summed E-state index contributed by atoms with van der Waals surface area (Å²) in [5.41, 5.74) is 5.32. The van der Waals surface area contributed by atoms with Gasteiger partial charge in [-0.2, -0.15) is 0 Å². The Labute approximate surface area is 215 Å². The zero-order valence-corrected chi connectivity index (χ0v) is 20.6. The van der Waals surface area contributed by atoms with Crippen molar-refractivity contribution in [2.45, 2.75) is 18.9 Å². The first-order valence-corrected chi connectivity index (χ1v) is 12.5. The van der Waals surface area contributed by atoms with Crippen LogP contribution in [0, 0.1) is 0 Å². The van der Waals surface area contributed by atoms with Crippen LogP contribution in [0.4, 0.5) is 11.4 Å². The molecule has 1 saturated heterocycles. The standard InChI is InChI=1S/C29H27N7O/c1-34(23-11-17-30-18-12-23)22-9-7-21(8-10-22)29(37)35-19-13-24(14-20-35)36-27-26(6-4-16-32-27)33-28(36)25-5-2-3-15-31-25/h2-12,15-18,24H,13-14,19-20H2,1H3. The lowest BCUT2D eigenvalue weighted by molar-refractivity contribution is 0.0696. The molecule has 0 bridgehead atoms. The predicted molar refractivity (Wildman–Crippen MR) is 144 cm³/mol. The van der Waals surface area contributed by atoms with Gasteiger partial charge in [0.15, 0.2) is 11.5 Å². The summed E-state index contributed by atoms with van der Waals surface area (Å²) in [5, 5.41) is 0.